The molecule has 1 fully saturated rings. The van der Waals surface area contributed by atoms with Crippen LogP contribution in [-0.2, 0) is 0 Å². The zero-order chi connectivity index (χ0) is 27.7. The van der Waals surface area contributed by atoms with Crippen LogP contribution in [0.25, 0.3) is 33.0 Å². The van der Waals surface area contributed by atoms with E-state index in [2.05, 4.69) is 35.0 Å². The van der Waals surface area contributed by atoms with Crippen molar-refractivity contribution in [1.29, 1.82) is 0 Å². The van der Waals surface area contributed by atoms with E-state index in [-0.39, 0.29) is 5.82 Å². The van der Waals surface area contributed by atoms with Crippen LogP contribution in [0.2, 0.25) is 0 Å². The van der Waals surface area contributed by atoms with Crippen molar-refractivity contribution in [1.82, 2.24) is 14.8 Å². The van der Waals surface area contributed by atoms with E-state index in [1.165, 1.54) is 70.2 Å². The summed E-state index contributed by atoms with van der Waals surface area (Å²) in [6.45, 7) is 12.7. The van der Waals surface area contributed by atoms with Crippen LogP contribution in [0.4, 0.5) is 10.1 Å². The number of rotatable bonds is 15. The molecule has 0 saturated carbocycles. The molecular weight excluding hydrogens is 503 g/mol. The lowest BCUT2D eigenvalue weighted by Crippen LogP contribution is -2.33. The van der Waals surface area contributed by atoms with Crippen molar-refractivity contribution in [2.75, 3.05) is 57.7 Å². The Labute approximate surface area is 237 Å². The number of halogens is 1. The van der Waals surface area contributed by atoms with Crippen LogP contribution in [0.15, 0.2) is 40.8 Å². The molecule has 216 valence electrons. The number of hydrogen-bond acceptors (Lipinski definition) is 6. The molecule has 3 heterocycles. The highest BCUT2D eigenvalue weighted by molar-refractivity contribution is 6.14. The number of benzene rings is 2. The topological polar surface area (TPSA) is 53.8 Å². The largest absolute Gasteiger partial charge is 0.494 e. The molecule has 40 heavy (non-hydrogen) atoms. The summed E-state index contributed by atoms with van der Waals surface area (Å²) in [5.41, 5.74) is 3.76. The Morgan fingerprint density at radius 3 is 2.50 bits per heavy atom. The van der Waals surface area contributed by atoms with Gasteiger partial charge in [0, 0.05) is 30.4 Å². The van der Waals surface area contributed by atoms with Crippen molar-refractivity contribution >= 4 is 38.7 Å². The lowest BCUT2D eigenvalue weighted by atomic mass is 10.1. The molecule has 7 heteroatoms. The lowest BCUT2D eigenvalue weighted by Gasteiger charge is -2.26. The fourth-order valence-electron chi connectivity index (χ4n) is 5.76. The van der Waals surface area contributed by atoms with Gasteiger partial charge in [-0.05, 0) is 94.7 Å². The van der Waals surface area contributed by atoms with Crippen molar-refractivity contribution in [2.24, 2.45) is 0 Å². The number of anilines is 1. The van der Waals surface area contributed by atoms with E-state index < -0.39 is 0 Å². The van der Waals surface area contributed by atoms with Gasteiger partial charge in [0.25, 0.3) is 0 Å². The molecule has 0 bridgehead atoms. The van der Waals surface area contributed by atoms with Crippen LogP contribution in [0.5, 0.6) is 5.75 Å². The summed E-state index contributed by atoms with van der Waals surface area (Å²) in [4.78, 5) is 10.0. The number of fused-ring (bicyclic) bond motifs is 4. The predicted molar refractivity (Wildman–Crippen MR) is 164 cm³/mol. The van der Waals surface area contributed by atoms with Crippen LogP contribution in [0, 0.1) is 5.82 Å². The first-order valence-corrected chi connectivity index (χ1v) is 15.4. The highest BCUT2D eigenvalue weighted by atomic mass is 19.1. The molecule has 1 N–H and O–H groups in total. The average molecular weight is 549 g/mol. The minimum absolute atomic E-state index is 0.289. The summed E-state index contributed by atoms with van der Waals surface area (Å²) in [5, 5.41) is 5.34. The van der Waals surface area contributed by atoms with Crippen LogP contribution in [-0.4, -0.2) is 67.2 Å². The molecule has 2 aromatic carbocycles. The second kappa shape index (κ2) is 14.1. The average Bonchev–Trinajstić information content (AvgIpc) is 3.34. The maximum Gasteiger partial charge on any atom is 0.177 e. The quantitative estimate of drug-likeness (QED) is 0.153. The maximum atomic E-state index is 14.1. The number of aromatic nitrogens is 1. The van der Waals surface area contributed by atoms with Crippen molar-refractivity contribution < 1.29 is 13.5 Å². The zero-order valence-electron chi connectivity index (χ0n) is 24.3. The summed E-state index contributed by atoms with van der Waals surface area (Å²) >= 11 is 0. The zero-order valence-corrected chi connectivity index (χ0v) is 24.3. The SMILES string of the molecule is CCCCN(CCCC)CCCOc1ccc2nc3c(oc4ccc(F)cc43)c(NCCN3CCCCC3)c2c1. The van der Waals surface area contributed by atoms with Gasteiger partial charge in [-0.3, -0.25) is 0 Å². The third-order valence-electron chi connectivity index (χ3n) is 8.04. The molecule has 0 spiro atoms. The van der Waals surface area contributed by atoms with E-state index in [1.54, 1.807) is 6.07 Å². The number of furan rings is 1. The molecular formula is C33H45FN4O2. The van der Waals surface area contributed by atoms with E-state index in [0.717, 1.165) is 61.5 Å². The molecule has 0 radical (unpaired) electrons. The molecule has 1 saturated heterocycles. The molecule has 1 aliphatic heterocycles. The Morgan fingerprint density at radius 2 is 1.73 bits per heavy atom. The van der Waals surface area contributed by atoms with Crippen LogP contribution >= 0.6 is 0 Å². The van der Waals surface area contributed by atoms with E-state index >= 15 is 0 Å². The minimum Gasteiger partial charge on any atom is -0.494 e. The molecule has 6 nitrogen and oxygen atoms in total. The number of piperidine rings is 1. The number of hydrogen-bond donors (Lipinski definition) is 1. The second-order valence-corrected chi connectivity index (χ2v) is 11.2. The van der Waals surface area contributed by atoms with E-state index in [9.17, 15) is 4.39 Å². The lowest BCUT2D eigenvalue weighted by molar-refractivity contribution is 0.229. The Kier molecular flexibility index (Phi) is 10.1. The van der Waals surface area contributed by atoms with Gasteiger partial charge < -0.3 is 24.3 Å². The van der Waals surface area contributed by atoms with Crippen molar-refractivity contribution in [2.45, 2.75) is 65.2 Å². The van der Waals surface area contributed by atoms with Gasteiger partial charge in [0.05, 0.1) is 17.8 Å². The number of unbranched alkanes of at least 4 members (excludes halogenated alkanes) is 2. The van der Waals surface area contributed by atoms with Gasteiger partial charge in [0.2, 0.25) is 0 Å². The van der Waals surface area contributed by atoms with Crippen molar-refractivity contribution in [3.8, 4) is 5.75 Å². The van der Waals surface area contributed by atoms with Crippen LogP contribution < -0.4 is 10.1 Å². The fourth-order valence-corrected chi connectivity index (χ4v) is 5.76. The molecule has 5 rings (SSSR count). The normalized spacial score (nSPS) is 14.6. The van der Waals surface area contributed by atoms with Crippen molar-refractivity contribution in [3.05, 3.63) is 42.2 Å². The monoisotopic (exact) mass is 548 g/mol. The number of pyridine rings is 1. The van der Waals surface area contributed by atoms with Crippen LogP contribution in [0.3, 0.4) is 0 Å². The third-order valence-corrected chi connectivity index (χ3v) is 8.04. The standard InChI is InChI=1S/C33H45FN4O2/c1-3-5-16-37(17-6-4-2)20-10-22-39-26-12-13-29-27(24-26)31(35-15-21-38-18-8-7-9-19-38)33-32(36-29)28-23-25(34)11-14-30(28)40-33/h11-14,23-24H,3-10,15-22H2,1-2H3,(H,35,36). The Hall–Kier alpha value is -2.90. The van der Waals surface area contributed by atoms with Gasteiger partial charge >= 0.3 is 0 Å². The summed E-state index contributed by atoms with van der Waals surface area (Å²) in [6, 6.07) is 10.7. The van der Waals surface area contributed by atoms with Gasteiger partial charge in [-0.2, -0.15) is 0 Å². The summed E-state index contributed by atoms with van der Waals surface area (Å²) in [6.07, 6.45) is 9.82. The maximum absolute atomic E-state index is 14.1. The Bertz CT molecular complexity index is 1370. The van der Waals surface area contributed by atoms with E-state index in [4.69, 9.17) is 14.1 Å². The molecule has 1 aliphatic rings. The summed E-state index contributed by atoms with van der Waals surface area (Å²) in [7, 11) is 0. The summed E-state index contributed by atoms with van der Waals surface area (Å²) < 4.78 is 26.6. The van der Waals surface area contributed by atoms with E-state index in [1.807, 2.05) is 12.1 Å². The van der Waals surface area contributed by atoms with Gasteiger partial charge in [0.15, 0.2) is 5.58 Å². The molecule has 4 aromatic rings. The molecule has 0 unspecified atom stereocenters. The van der Waals surface area contributed by atoms with Gasteiger partial charge in [-0.25, -0.2) is 9.37 Å². The molecule has 0 atom stereocenters. The second-order valence-electron chi connectivity index (χ2n) is 11.2. The first-order valence-electron chi connectivity index (χ1n) is 15.4. The van der Waals surface area contributed by atoms with Gasteiger partial charge in [-0.15, -0.1) is 0 Å². The Morgan fingerprint density at radius 1 is 0.950 bits per heavy atom. The van der Waals surface area contributed by atoms with Gasteiger partial charge in [-0.1, -0.05) is 33.1 Å². The summed E-state index contributed by atoms with van der Waals surface area (Å²) in [5.74, 6) is 0.548. The highest BCUT2D eigenvalue weighted by Gasteiger charge is 2.18. The first-order chi connectivity index (χ1) is 19.7. The number of ether oxygens (including phenoxy) is 1. The van der Waals surface area contributed by atoms with E-state index in [0.29, 0.717) is 28.7 Å². The molecule has 2 aromatic heterocycles. The Balaban J connectivity index is 1.35. The highest BCUT2D eigenvalue weighted by Crippen LogP contribution is 2.38. The van der Waals surface area contributed by atoms with Gasteiger partial charge in [0.1, 0.15) is 22.7 Å². The smallest absolute Gasteiger partial charge is 0.177 e. The first kappa shape index (κ1) is 28.6. The van der Waals surface area contributed by atoms with Crippen LogP contribution in [0.1, 0.15) is 65.2 Å². The predicted octanol–water partition coefficient (Wildman–Crippen LogP) is 7.84. The molecule has 0 amide bonds. The number of nitrogens with one attached hydrogen (secondary N) is 1. The minimum atomic E-state index is -0.289. The fraction of sp³-hybridized carbons (Fsp3) is 0.545. The number of likely N-dealkylation sites (tertiary alicyclic amines) is 1. The number of nitrogens with zero attached hydrogens (tertiary/aromatic N) is 3. The molecule has 0 aliphatic carbocycles. The van der Waals surface area contributed by atoms with Crippen molar-refractivity contribution in [3.63, 3.8) is 0 Å². The third kappa shape index (κ3) is 7.05.